The fourth-order valence-corrected chi connectivity index (χ4v) is 2.44. The number of nitrogens with zero attached hydrogens (tertiary/aromatic N) is 2. The molecule has 5 nitrogen and oxygen atoms in total. The Morgan fingerprint density at radius 2 is 2.10 bits per heavy atom. The van der Waals surface area contributed by atoms with E-state index in [1.165, 1.54) is 11.0 Å². The van der Waals surface area contributed by atoms with E-state index < -0.39 is 17.5 Å². The Kier molecular flexibility index (Phi) is 2.93. The maximum atomic E-state index is 13.6. The highest BCUT2D eigenvalue weighted by Gasteiger charge is 2.37. The number of fused-ring (bicyclic) bond motifs is 1. The van der Waals surface area contributed by atoms with Crippen LogP contribution < -0.4 is 4.90 Å². The molecule has 1 aromatic carbocycles. The van der Waals surface area contributed by atoms with Gasteiger partial charge in [0.05, 0.1) is 28.0 Å². The largest absolute Gasteiger partial charge is 0.359 e. The average molecular weight is 339 g/mol. The van der Waals surface area contributed by atoms with Gasteiger partial charge in [0.1, 0.15) is 5.82 Å². The second-order valence-corrected chi connectivity index (χ2v) is 5.29. The van der Waals surface area contributed by atoms with Crippen LogP contribution in [0.3, 0.4) is 0 Å². The summed E-state index contributed by atoms with van der Waals surface area (Å²) in [6.45, 7) is 1.79. The molecule has 0 radical (unpaired) electrons. The van der Waals surface area contributed by atoms with Crippen molar-refractivity contribution in [1.29, 1.82) is 0 Å². The maximum absolute atomic E-state index is 13.6. The van der Waals surface area contributed by atoms with E-state index in [9.17, 15) is 14.0 Å². The van der Waals surface area contributed by atoms with Gasteiger partial charge < -0.3 is 4.52 Å². The summed E-state index contributed by atoms with van der Waals surface area (Å²) in [5, 5.41) is 3.71. The Balaban J connectivity index is 2.03. The molecule has 2 heterocycles. The Morgan fingerprint density at radius 1 is 1.35 bits per heavy atom. The number of aryl methyl sites for hydroxylation is 1. The number of halogens is 2. The van der Waals surface area contributed by atoms with Gasteiger partial charge in [-0.05, 0) is 35.0 Å². The Hall–Kier alpha value is -2.02. The van der Waals surface area contributed by atoms with Gasteiger partial charge >= 0.3 is 0 Å². The molecule has 0 N–H and O–H groups in total. The first-order valence-corrected chi connectivity index (χ1v) is 6.54. The highest BCUT2D eigenvalue weighted by atomic mass is 79.9. The number of benzene rings is 1. The van der Waals surface area contributed by atoms with Gasteiger partial charge in [-0.25, -0.2) is 4.39 Å². The van der Waals surface area contributed by atoms with Gasteiger partial charge in [-0.3, -0.25) is 14.5 Å². The summed E-state index contributed by atoms with van der Waals surface area (Å²) < 4.78 is 18.8. The van der Waals surface area contributed by atoms with Gasteiger partial charge in [-0.1, -0.05) is 5.16 Å². The smallest absolute Gasteiger partial charge is 0.299 e. The molecular formula is C13H8BrFN2O3. The molecule has 0 bridgehead atoms. The normalized spacial score (nSPS) is 14.1. The van der Waals surface area contributed by atoms with Gasteiger partial charge in [0.15, 0.2) is 5.76 Å². The minimum Gasteiger partial charge on any atom is -0.359 e. The predicted molar refractivity (Wildman–Crippen MR) is 70.9 cm³/mol. The minimum absolute atomic E-state index is 0.0412. The zero-order chi connectivity index (χ0) is 14.4. The molecule has 0 aliphatic carbocycles. The molecule has 20 heavy (non-hydrogen) atoms. The zero-order valence-corrected chi connectivity index (χ0v) is 11.9. The van der Waals surface area contributed by atoms with Crippen molar-refractivity contribution in [2.45, 2.75) is 13.5 Å². The van der Waals surface area contributed by atoms with Crippen LogP contribution in [0.5, 0.6) is 0 Å². The Bertz CT molecular complexity index is 741. The number of anilines is 1. The second kappa shape index (κ2) is 4.52. The van der Waals surface area contributed by atoms with Gasteiger partial charge in [-0.2, -0.15) is 0 Å². The standard InChI is InChI=1S/C13H8BrFN2O3/c1-6-2-7(20-16-6)5-17-11-4-10(15)9(14)3-8(11)12(18)13(17)19/h2-4H,5H2,1H3. The highest BCUT2D eigenvalue weighted by Crippen LogP contribution is 2.34. The fourth-order valence-electron chi connectivity index (χ4n) is 2.09. The van der Waals surface area contributed by atoms with Crippen LogP contribution in [0.1, 0.15) is 21.8 Å². The van der Waals surface area contributed by atoms with E-state index in [1.807, 2.05) is 0 Å². The van der Waals surface area contributed by atoms with Crippen molar-refractivity contribution in [1.82, 2.24) is 5.16 Å². The SMILES string of the molecule is Cc1cc(CN2C(=O)C(=O)c3cc(Br)c(F)cc32)on1. The molecule has 1 amide bonds. The highest BCUT2D eigenvalue weighted by molar-refractivity contribution is 9.10. The monoisotopic (exact) mass is 338 g/mol. The van der Waals surface area contributed by atoms with Crippen LogP contribution in [-0.2, 0) is 11.3 Å². The molecule has 0 spiro atoms. The van der Waals surface area contributed by atoms with Crippen LogP contribution >= 0.6 is 15.9 Å². The molecule has 0 fully saturated rings. The molecule has 1 aromatic heterocycles. The van der Waals surface area contributed by atoms with Crippen LogP contribution in [0, 0.1) is 12.7 Å². The lowest BCUT2D eigenvalue weighted by molar-refractivity contribution is -0.114. The van der Waals surface area contributed by atoms with E-state index in [1.54, 1.807) is 13.0 Å². The third-order valence-electron chi connectivity index (χ3n) is 3.00. The number of ketones is 1. The summed E-state index contributed by atoms with van der Waals surface area (Å²) in [6.07, 6.45) is 0. The zero-order valence-electron chi connectivity index (χ0n) is 10.3. The van der Waals surface area contributed by atoms with Crippen molar-refractivity contribution >= 4 is 33.3 Å². The van der Waals surface area contributed by atoms with Crippen molar-refractivity contribution in [3.05, 3.63) is 45.5 Å². The lowest BCUT2D eigenvalue weighted by Gasteiger charge is -2.14. The lowest BCUT2D eigenvalue weighted by atomic mass is 10.1. The molecular weight excluding hydrogens is 331 g/mol. The number of carbonyl (C=O) groups excluding carboxylic acids is 2. The number of rotatable bonds is 2. The summed E-state index contributed by atoms with van der Waals surface area (Å²) >= 11 is 3.00. The number of hydrogen-bond donors (Lipinski definition) is 0. The summed E-state index contributed by atoms with van der Waals surface area (Å²) in [7, 11) is 0. The van der Waals surface area contributed by atoms with Crippen molar-refractivity contribution in [2.24, 2.45) is 0 Å². The van der Waals surface area contributed by atoms with Crippen LogP contribution in [0.2, 0.25) is 0 Å². The average Bonchev–Trinajstić information content (AvgIpc) is 2.90. The van der Waals surface area contributed by atoms with E-state index in [2.05, 4.69) is 21.1 Å². The summed E-state index contributed by atoms with van der Waals surface area (Å²) in [4.78, 5) is 25.0. The van der Waals surface area contributed by atoms with Crippen LogP contribution in [0.15, 0.2) is 27.2 Å². The first-order valence-electron chi connectivity index (χ1n) is 5.75. The quantitative estimate of drug-likeness (QED) is 0.789. The van der Waals surface area contributed by atoms with Gasteiger partial charge in [0, 0.05) is 6.07 Å². The molecule has 1 aliphatic rings. The Labute approximate surface area is 121 Å². The number of carbonyl (C=O) groups is 2. The lowest BCUT2D eigenvalue weighted by Crippen LogP contribution is -2.28. The third kappa shape index (κ3) is 1.94. The number of hydrogen-bond acceptors (Lipinski definition) is 4. The first kappa shape index (κ1) is 13.0. The topological polar surface area (TPSA) is 63.4 Å². The maximum Gasteiger partial charge on any atom is 0.299 e. The Morgan fingerprint density at radius 3 is 2.75 bits per heavy atom. The summed E-state index contributed by atoms with van der Waals surface area (Å²) in [5.74, 6) is -1.46. The van der Waals surface area contributed by atoms with E-state index in [-0.39, 0.29) is 22.3 Å². The molecule has 102 valence electrons. The summed E-state index contributed by atoms with van der Waals surface area (Å²) in [6, 6.07) is 4.13. The minimum atomic E-state index is -0.702. The number of aromatic nitrogens is 1. The van der Waals surface area contributed by atoms with Crippen LogP contribution in [-0.4, -0.2) is 16.8 Å². The van der Waals surface area contributed by atoms with E-state index in [0.717, 1.165) is 6.07 Å². The molecule has 0 atom stereocenters. The molecule has 7 heteroatoms. The molecule has 0 unspecified atom stereocenters. The molecule has 2 aromatic rings. The number of amides is 1. The molecule has 1 aliphatic heterocycles. The van der Waals surface area contributed by atoms with Crippen molar-refractivity contribution < 1.29 is 18.5 Å². The number of Topliss-reactive ketones (excluding diaryl/α,β-unsaturated/α-hetero) is 1. The van der Waals surface area contributed by atoms with E-state index in [4.69, 9.17) is 4.52 Å². The summed E-state index contributed by atoms with van der Waals surface area (Å²) in [5.41, 5.74) is 1.09. The van der Waals surface area contributed by atoms with Crippen molar-refractivity contribution in [2.75, 3.05) is 4.90 Å². The van der Waals surface area contributed by atoms with Gasteiger partial charge in [0.2, 0.25) is 0 Å². The predicted octanol–water partition coefficient (Wildman–Crippen LogP) is 2.61. The first-order chi connectivity index (χ1) is 9.47. The van der Waals surface area contributed by atoms with Crippen LogP contribution in [0.4, 0.5) is 10.1 Å². The van der Waals surface area contributed by atoms with Crippen molar-refractivity contribution in [3.63, 3.8) is 0 Å². The fraction of sp³-hybridized carbons (Fsp3) is 0.154. The van der Waals surface area contributed by atoms with E-state index >= 15 is 0 Å². The second-order valence-electron chi connectivity index (χ2n) is 4.44. The molecule has 0 saturated heterocycles. The van der Waals surface area contributed by atoms with Gasteiger partial charge in [-0.15, -0.1) is 0 Å². The molecule has 3 rings (SSSR count). The van der Waals surface area contributed by atoms with Crippen molar-refractivity contribution in [3.8, 4) is 0 Å². The van der Waals surface area contributed by atoms with E-state index in [0.29, 0.717) is 11.5 Å². The molecule has 0 saturated carbocycles. The van der Waals surface area contributed by atoms with Crippen LogP contribution in [0.25, 0.3) is 0 Å². The third-order valence-corrected chi connectivity index (χ3v) is 3.61. The van der Waals surface area contributed by atoms with Gasteiger partial charge in [0.25, 0.3) is 11.7 Å².